The maximum absolute atomic E-state index is 12.0. The molecule has 0 N–H and O–H groups in total. The molecule has 0 bridgehead atoms. The predicted molar refractivity (Wildman–Crippen MR) is 60.5 cm³/mol. The molecule has 3 rings (SSSR count). The molecule has 3 heterocycles. The first-order valence-electron chi connectivity index (χ1n) is 5.42. The summed E-state index contributed by atoms with van der Waals surface area (Å²) in [6.45, 7) is 2.54. The van der Waals surface area contributed by atoms with Crippen LogP contribution in [0, 0.1) is 13.1 Å². The largest absolute Gasteiger partial charge is 0.456 e. The Labute approximate surface area is 136 Å². The molecule has 2 aromatic heterocycles. The van der Waals surface area contributed by atoms with Gasteiger partial charge in [-0.25, -0.2) is 0 Å². The van der Waals surface area contributed by atoms with Gasteiger partial charge in [0.15, 0.2) is 0 Å². The molecule has 5 nitrogen and oxygen atoms in total. The van der Waals surface area contributed by atoms with E-state index in [1.165, 1.54) is 0 Å². The summed E-state index contributed by atoms with van der Waals surface area (Å²) in [5.41, 5.74) is 1.85. The smallest absolute Gasteiger partial charge is 0.0666 e. The molecule has 0 unspecified atom stereocenters. The molecule has 0 fully saturated rings. The maximum atomic E-state index is 12.0. The van der Waals surface area contributed by atoms with E-state index in [0.717, 1.165) is 25.1 Å². The quantitative estimate of drug-likeness (QED) is 0.573. The summed E-state index contributed by atoms with van der Waals surface area (Å²) in [6.07, 6.45) is 6.02. The summed E-state index contributed by atoms with van der Waals surface area (Å²) in [7, 11) is 0. The van der Waals surface area contributed by atoms with Crippen molar-refractivity contribution in [2.75, 3.05) is 0 Å². The molecule has 0 aliphatic carbocycles. The number of hydrogen-bond acceptors (Lipinski definition) is 4. The Hall–Kier alpha value is -0.767. The van der Waals surface area contributed by atoms with Gasteiger partial charge in [-0.2, -0.15) is 0 Å². The second-order valence-corrected chi connectivity index (χ2v) is 4.10. The Morgan fingerprint density at radius 1 is 1.42 bits per heavy atom. The molecule has 1 aliphatic rings. The summed E-state index contributed by atoms with van der Waals surface area (Å²) in [5, 5.41) is 0. The van der Waals surface area contributed by atoms with Crippen LogP contribution >= 0.6 is 0 Å². The number of fused-ring (bicyclic) bond motifs is 3. The van der Waals surface area contributed by atoms with E-state index in [1.807, 2.05) is 4.57 Å². The molecule has 0 saturated carbocycles. The SMILES string of the molecule is Cc1[c-]nc2c(=O)c([C-]=O)c3n(c2n1)CCC3.[V].[W]. The number of pyridine rings is 1. The third kappa shape index (κ3) is 2.47. The molecule has 1 radical (unpaired) electrons. The standard InChI is InChI=1S/C12H9N3O2.V.W/c1-7-5-13-10-11(17)8(6-16)9-3-2-4-15(9)12(10)14-7;;/h2-4H2,1H3;;/q-2;;. The van der Waals surface area contributed by atoms with E-state index in [2.05, 4.69) is 16.2 Å². The van der Waals surface area contributed by atoms with Crippen molar-refractivity contribution >= 4 is 17.5 Å². The zero-order valence-electron chi connectivity index (χ0n) is 10.1. The van der Waals surface area contributed by atoms with Crippen molar-refractivity contribution in [1.82, 2.24) is 14.5 Å². The van der Waals surface area contributed by atoms with Crippen molar-refractivity contribution in [3.8, 4) is 0 Å². The zero-order valence-corrected chi connectivity index (χ0v) is 14.5. The van der Waals surface area contributed by atoms with E-state index in [4.69, 9.17) is 0 Å². The van der Waals surface area contributed by atoms with Gasteiger partial charge in [0.25, 0.3) is 0 Å². The fraction of sp³-hybridized carbons (Fsp3) is 0.333. The van der Waals surface area contributed by atoms with Crippen LogP contribution in [0.3, 0.4) is 0 Å². The van der Waals surface area contributed by atoms with E-state index in [-0.39, 0.29) is 56.1 Å². The van der Waals surface area contributed by atoms with Gasteiger partial charge >= 0.3 is 0 Å². The first-order chi connectivity index (χ1) is 8.22. The van der Waals surface area contributed by atoms with Gasteiger partial charge < -0.3 is 19.1 Å². The number of carbonyl (C=O) groups excluding carboxylic acids is 1. The molecule has 0 spiro atoms. The van der Waals surface area contributed by atoms with Crippen LogP contribution in [0.5, 0.6) is 0 Å². The van der Waals surface area contributed by atoms with Crippen molar-refractivity contribution in [2.24, 2.45) is 0 Å². The van der Waals surface area contributed by atoms with Crippen molar-refractivity contribution in [3.63, 3.8) is 0 Å². The molecule has 0 amide bonds. The van der Waals surface area contributed by atoms with Gasteiger partial charge in [0, 0.05) is 51.6 Å². The molecule has 0 aromatic carbocycles. The maximum Gasteiger partial charge on any atom is 0.0666 e. The second-order valence-electron chi connectivity index (χ2n) is 4.10. The number of aromatic nitrogens is 3. The summed E-state index contributed by atoms with van der Waals surface area (Å²) in [4.78, 5) is 31.2. The fourth-order valence-corrected chi connectivity index (χ4v) is 2.29. The Bertz CT molecular complexity index is 699. The van der Waals surface area contributed by atoms with Crippen LogP contribution < -0.4 is 5.43 Å². The van der Waals surface area contributed by atoms with Crippen molar-refractivity contribution in [1.29, 1.82) is 0 Å². The van der Waals surface area contributed by atoms with Gasteiger partial charge in [-0.05, 0) is 19.0 Å². The predicted octanol–water partition coefficient (Wildman–Crippen LogP) is 0.299. The summed E-state index contributed by atoms with van der Waals surface area (Å²) >= 11 is 0. The summed E-state index contributed by atoms with van der Waals surface area (Å²) in [6, 6.07) is 0. The number of nitrogens with zero attached hydrogens (tertiary/aromatic N) is 3. The van der Waals surface area contributed by atoms with E-state index in [9.17, 15) is 9.59 Å². The van der Waals surface area contributed by atoms with E-state index < -0.39 is 0 Å². The molecular formula is C12H9N3O2VW-2. The average molecular weight is 462 g/mol. The van der Waals surface area contributed by atoms with Crippen molar-refractivity contribution in [2.45, 2.75) is 26.3 Å². The van der Waals surface area contributed by atoms with Crippen molar-refractivity contribution in [3.05, 3.63) is 33.4 Å². The van der Waals surface area contributed by atoms with Crippen LogP contribution in [0.15, 0.2) is 4.79 Å². The molecule has 19 heavy (non-hydrogen) atoms. The minimum atomic E-state index is -0.382. The normalized spacial score (nSPS) is 12.5. The Balaban J connectivity index is 0.000000902. The number of rotatable bonds is 1. The molecule has 7 heteroatoms. The molecule has 97 valence electrons. The monoisotopic (exact) mass is 462 g/mol. The Kier molecular flexibility index (Phi) is 5.25. The molecule has 0 saturated heterocycles. The van der Waals surface area contributed by atoms with Gasteiger partial charge in [0.2, 0.25) is 0 Å². The van der Waals surface area contributed by atoms with Crippen LogP contribution in [0.1, 0.15) is 23.4 Å². The van der Waals surface area contributed by atoms with Gasteiger partial charge in [-0.15, -0.1) is 11.8 Å². The van der Waals surface area contributed by atoms with Crippen LogP contribution in [0.2, 0.25) is 0 Å². The zero-order chi connectivity index (χ0) is 12.0. The number of aryl methyl sites for hydroxylation is 2. The summed E-state index contributed by atoms with van der Waals surface area (Å²) < 4.78 is 1.89. The van der Waals surface area contributed by atoms with Gasteiger partial charge in [0.1, 0.15) is 0 Å². The average Bonchev–Trinajstić information content (AvgIpc) is 2.78. The Morgan fingerprint density at radius 3 is 2.84 bits per heavy atom. The third-order valence-electron chi connectivity index (χ3n) is 3.02. The molecule has 1 aliphatic heterocycles. The molecule has 0 atom stereocenters. The number of hydrogen-bond donors (Lipinski definition) is 0. The van der Waals surface area contributed by atoms with Crippen LogP contribution in [-0.4, -0.2) is 20.8 Å². The first-order valence-corrected chi connectivity index (χ1v) is 5.42. The van der Waals surface area contributed by atoms with E-state index in [0.29, 0.717) is 11.3 Å². The van der Waals surface area contributed by atoms with Crippen molar-refractivity contribution < 1.29 is 44.4 Å². The topological polar surface area (TPSA) is 64.8 Å². The fourth-order valence-electron chi connectivity index (χ4n) is 2.29. The Morgan fingerprint density at radius 2 is 2.16 bits per heavy atom. The van der Waals surface area contributed by atoms with Crippen LogP contribution in [0.4, 0.5) is 0 Å². The molecule has 2 aromatic rings. The van der Waals surface area contributed by atoms with Gasteiger partial charge in [0.05, 0.1) is 11.9 Å². The van der Waals surface area contributed by atoms with Crippen LogP contribution in [0.25, 0.3) is 11.2 Å². The van der Waals surface area contributed by atoms with E-state index >= 15 is 0 Å². The van der Waals surface area contributed by atoms with Gasteiger partial charge in [-0.1, -0.05) is 17.6 Å². The van der Waals surface area contributed by atoms with Crippen LogP contribution in [-0.2, 0) is 57.4 Å². The first kappa shape index (κ1) is 16.3. The minimum absolute atomic E-state index is 0. The summed E-state index contributed by atoms with van der Waals surface area (Å²) in [5.74, 6) is 0. The minimum Gasteiger partial charge on any atom is -0.456 e. The van der Waals surface area contributed by atoms with Gasteiger partial charge in [-0.3, -0.25) is 4.98 Å². The van der Waals surface area contributed by atoms with E-state index in [1.54, 1.807) is 13.2 Å². The third-order valence-corrected chi connectivity index (χ3v) is 3.02. The molecular weight excluding hydrogens is 453 g/mol. The second kappa shape index (κ2) is 6.12.